The molecule has 0 aliphatic carbocycles. The zero-order chi connectivity index (χ0) is 15.2. The van der Waals surface area contributed by atoms with E-state index in [1.165, 1.54) is 11.1 Å². The molecule has 0 fully saturated rings. The normalized spacial score (nSPS) is 12.4. The molecule has 0 aliphatic rings. The van der Waals surface area contributed by atoms with Crippen LogP contribution < -0.4 is 10.1 Å². The van der Waals surface area contributed by atoms with Gasteiger partial charge in [0.2, 0.25) is 0 Å². The number of halogens is 1. The second kappa shape index (κ2) is 7.62. The Morgan fingerprint density at radius 3 is 2.14 bits per heavy atom. The van der Waals surface area contributed by atoms with E-state index in [2.05, 4.69) is 64.6 Å². The van der Waals surface area contributed by atoms with Gasteiger partial charge in [-0.1, -0.05) is 40.2 Å². The van der Waals surface area contributed by atoms with Gasteiger partial charge in [-0.3, -0.25) is 0 Å². The lowest BCUT2D eigenvalue weighted by Gasteiger charge is -2.15. The van der Waals surface area contributed by atoms with Crippen LogP contribution in [0.15, 0.2) is 53.0 Å². The van der Waals surface area contributed by atoms with Gasteiger partial charge in [0.1, 0.15) is 5.75 Å². The fourth-order valence-corrected chi connectivity index (χ4v) is 2.36. The Morgan fingerprint density at radius 1 is 0.952 bits per heavy atom. The van der Waals surface area contributed by atoms with Crippen LogP contribution >= 0.6 is 15.9 Å². The highest BCUT2D eigenvalue weighted by atomic mass is 79.9. The summed E-state index contributed by atoms with van der Waals surface area (Å²) >= 11 is 3.46. The fraction of sp³-hybridized carbons (Fsp3) is 0.333. The highest BCUT2D eigenvalue weighted by molar-refractivity contribution is 9.10. The number of ether oxygens (including phenoxy) is 1. The van der Waals surface area contributed by atoms with Crippen molar-refractivity contribution >= 4 is 15.9 Å². The van der Waals surface area contributed by atoms with Crippen molar-refractivity contribution in [3.05, 3.63) is 64.1 Å². The lowest BCUT2D eigenvalue weighted by Crippen LogP contribution is -2.18. The molecule has 2 aromatic carbocycles. The molecule has 2 nitrogen and oxygen atoms in total. The summed E-state index contributed by atoms with van der Waals surface area (Å²) in [6, 6.07) is 17.0. The first kappa shape index (κ1) is 16.1. The molecule has 21 heavy (non-hydrogen) atoms. The first-order valence-electron chi connectivity index (χ1n) is 7.29. The second-order valence-electron chi connectivity index (χ2n) is 5.46. The van der Waals surface area contributed by atoms with E-state index in [0.717, 1.165) is 16.8 Å². The van der Waals surface area contributed by atoms with Gasteiger partial charge in [-0.15, -0.1) is 0 Å². The Hall–Kier alpha value is -1.32. The highest BCUT2D eigenvalue weighted by Crippen LogP contribution is 2.18. The average molecular weight is 348 g/mol. The third kappa shape index (κ3) is 5.18. The van der Waals surface area contributed by atoms with Crippen molar-refractivity contribution < 1.29 is 4.74 Å². The number of nitrogens with one attached hydrogen (secondary N) is 1. The van der Waals surface area contributed by atoms with E-state index < -0.39 is 0 Å². The van der Waals surface area contributed by atoms with Crippen molar-refractivity contribution in [2.45, 2.75) is 39.5 Å². The maximum atomic E-state index is 5.65. The van der Waals surface area contributed by atoms with Gasteiger partial charge in [-0.2, -0.15) is 0 Å². The lowest BCUT2D eigenvalue weighted by molar-refractivity contribution is 0.242. The van der Waals surface area contributed by atoms with E-state index in [1.807, 2.05) is 26.0 Å². The summed E-state index contributed by atoms with van der Waals surface area (Å²) in [5.74, 6) is 0.926. The molecule has 0 saturated heterocycles. The Balaban J connectivity index is 1.88. The first-order valence-corrected chi connectivity index (χ1v) is 8.08. The van der Waals surface area contributed by atoms with Gasteiger partial charge < -0.3 is 10.1 Å². The summed E-state index contributed by atoms with van der Waals surface area (Å²) in [4.78, 5) is 0. The average Bonchev–Trinajstić information content (AvgIpc) is 2.46. The minimum atomic E-state index is 0.214. The molecule has 0 amide bonds. The van der Waals surface area contributed by atoms with E-state index in [9.17, 15) is 0 Å². The van der Waals surface area contributed by atoms with Crippen LogP contribution in [0.5, 0.6) is 5.75 Å². The Morgan fingerprint density at radius 2 is 1.57 bits per heavy atom. The maximum Gasteiger partial charge on any atom is 0.119 e. The first-order chi connectivity index (χ1) is 10.0. The predicted molar refractivity (Wildman–Crippen MR) is 91.6 cm³/mol. The summed E-state index contributed by atoms with van der Waals surface area (Å²) in [6.07, 6.45) is 0.214. The molecule has 1 N–H and O–H groups in total. The molecule has 0 spiro atoms. The molecular formula is C18H22BrNO. The van der Waals surface area contributed by atoms with E-state index in [0.29, 0.717) is 6.04 Å². The Kier molecular flexibility index (Phi) is 5.83. The molecule has 0 aromatic heterocycles. The van der Waals surface area contributed by atoms with Crippen LogP contribution in [0, 0.1) is 0 Å². The predicted octanol–water partition coefficient (Wildman–Crippen LogP) is 5.09. The SMILES string of the molecule is CC(C)Oc1ccc(CN[C@@H](C)c2ccc(Br)cc2)cc1. The van der Waals surface area contributed by atoms with Crippen LogP contribution in [-0.4, -0.2) is 6.10 Å². The van der Waals surface area contributed by atoms with Crippen molar-refractivity contribution in [1.82, 2.24) is 5.32 Å². The summed E-state index contributed by atoms with van der Waals surface area (Å²) in [7, 11) is 0. The van der Waals surface area contributed by atoms with Crippen LogP contribution in [-0.2, 0) is 6.54 Å². The standard InChI is InChI=1S/C18H22BrNO/c1-13(2)21-18-10-4-15(5-11-18)12-20-14(3)16-6-8-17(19)9-7-16/h4-11,13-14,20H,12H2,1-3H3/t14-/m0/s1. The van der Waals surface area contributed by atoms with Gasteiger partial charge in [-0.05, 0) is 56.2 Å². The van der Waals surface area contributed by atoms with E-state index >= 15 is 0 Å². The summed E-state index contributed by atoms with van der Waals surface area (Å²) in [5, 5.41) is 3.54. The van der Waals surface area contributed by atoms with Crippen molar-refractivity contribution in [2.75, 3.05) is 0 Å². The van der Waals surface area contributed by atoms with Crippen molar-refractivity contribution in [2.24, 2.45) is 0 Å². The van der Waals surface area contributed by atoms with E-state index in [4.69, 9.17) is 4.74 Å². The molecule has 0 bridgehead atoms. The molecule has 0 aliphatic heterocycles. The van der Waals surface area contributed by atoms with Crippen molar-refractivity contribution in [3.8, 4) is 5.75 Å². The molecule has 1 atom stereocenters. The second-order valence-corrected chi connectivity index (χ2v) is 6.38. The zero-order valence-corrected chi connectivity index (χ0v) is 14.4. The highest BCUT2D eigenvalue weighted by Gasteiger charge is 2.05. The molecular weight excluding hydrogens is 326 g/mol. The van der Waals surface area contributed by atoms with E-state index in [-0.39, 0.29) is 6.10 Å². The molecule has 2 aromatic rings. The number of hydrogen-bond acceptors (Lipinski definition) is 2. The lowest BCUT2D eigenvalue weighted by atomic mass is 10.1. The van der Waals surface area contributed by atoms with Gasteiger partial charge in [-0.25, -0.2) is 0 Å². The summed E-state index contributed by atoms with van der Waals surface area (Å²) in [6.45, 7) is 7.10. The molecule has 0 heterocycles. The molecule has 112 valence electrons. The minimum absolute atomic E-state index is 0.214. The van der Waals surface area contributed by atoms with Crippen molar-refractivity contribution in [1.29, 1.82) is 0 Å². The van der Waals surface area contributed by atoms with Crippen LogP contribution in [0.4, 0.5) is 0 Å². The Labute approximate surface area is 135 Å². The third-order valence-electron chi connectivity index (χ3n) is 3.28. The maximum absolute atomic E-state index is 5.65. The smallest absolute Gasteiger partial charge is 0.119 e. The molecule has 0 saturated carbocycles. The minimum Gasteiger partial charge on any atom is -0.491 e. The number of hydrogen-bond donors (Lipinski definition) is 1. The van der Waals surface area contributed by atoms with Gasteiger partial charge in [0.25, 0.3) is 0 Å². The summed E-state index contributed by atoms with van der Waals surface area (Å²) < 4.78 is 6.76. The van der Waals surface area contributed by atoms with Gasteiger partial charge >= 0.3 is 0 Å². The molecule has 0 unspecified atom stereocenters. The quantitative estimate of drug-likeness (QED) is 0.785. The topological polar surface area (TPSA) is 21.3 Å². The fourth-order valence-electron chi connectivity index (χ4n) is 2.10. The number of benzene rings is 2. The molecule has 0 radical (unpaired) electrons. The van der Waals surface area contributed by atoms with Crippen LogP contribution in [0.25, 0.3) is 0 Å². The summed E-state index contributed by atoms with van der Waals surface area (Å²) in [5.41, 5.74) is 2.55. The van der Waals surface area contributed by atoms with Gasteiger partial charge in [0, 0.05) is 17.1 Å². The largest absolute Gasteiger partial charge is 0.491 e. The van der Waals surface area contributed by atoms with Crippen molar-refractivity contribution in [3.63, 3.8) is 0 Å². The van der Waals surface area contributed by atoms with Crippen LogP contribution in [0.3, 0.4) is 0 Å². The molecule has 3 heteroatoms. The molecule has 2 rings (SSSR count). The Bertz CT molecular complexity index is 548. The van der Waals surface area contributed by atoms with Gasteiger partial charge in [0.15, 0.2) is 0 Å². The zero-order valence-electron chi connectivity index (χ0n) is 12.8. The number of rotatable bonds is 6. The third-order valence-corrected chi connectivity index (χ3v) is 3.81. The van der Waals surface area contributed by atoms with Crippen LogP contribution in [0.2, 0.25) is 0 Å². The van der Waals surface area contributed by atoms with Crippen LogP contribution in [0.1, 0.15) is 37.9 Å². The monoisotopic (exact) mass is 347 g/mol. The van der Waals surface area contributed by atoms with E-state index in [1.54, 1.807) is 0 Å². The van der Waals surface area contributed by atoms with Gasteiger partial charge in [0.05, 0.1) is 6.10 Å².